The SMILES string of the molecule is CC(C)Oc1ccc(C(=O)NCCn2nc(-c3ccccn3)c3c2CCCC3)cc1. The van der Waals surface area contributed by atoms with Crippen molar-refractivity contribution in [2.75, 3.05) is 6.54 Å². The van der Waals surface area contributed by atoms with Gasteiger partial charge in [-0.05, 0) is 75.9 Å². The number of carbonyl (C=O) groups excluding carboxylic acids is 1. The third-order valence-electron chi connectivity index (χ3n) is 5.26. The summed E-state index contributed by atoms with van der Waals surface area (Å²) < 4.78 is 7.69. The van der Waals surface area contributed by atoms with Crippen LogP contribution in [0.1, 0.15) is 48.3 Å². The summed E-state index contributed by atoms with van der Waals surface area (Å²) in [6.45, 7) is 5.14. The highest BCUT2D eigenvalue weighted by atomic mass is 16.5. The van der Waals surface area contributed by atoms with Crippen molar-refractivity contribution >= 4 is 5.91 Å². The van der Waals surface area contributed by atoms with E-state index in [9.17, 15) is 4.79 Å². The minimum Gasteiger partial charge on any atom is -0.491 e. The minimum atomic E-state index is -0.0860. The Morgan fingerprint density at radius 2 is 1.93 bits per heavy atom. The maximum Gasteiger partial charge on any atom is 0.251 e. The quantitative estimate of drug-likeness (QED) is 0.645. The lowest BCUT2D eigenvalue weighted by atomic mass is 9.95. The zero-order valence-corrected chi connectivity index (χ0v) is 17.6. The van der Waals surface area contributed by atoms with Crippen molar-refractivity contribution in [3.05, 3.63) is 65.5 Å². The molecule has 30 heavy (non-hydrogen) atoms. The Bertz CT molecular complexity index is 994. The van der Waals surface area contributed by atoms with Gasteiger partial charge in [-0.15, -0.1) is 0 Å². The second kappa shape index (κ2) is 9.11. The first-order chi connectivity index (χ1) is 14.6. The molecule has 0 atom stereocenters. The number of nitrogens with zero attached hydrogens (tertiary/aromatic N) is 3. The number of rotatable bonds is 7. The number of ether oxygens (including phenoxy) is 1. The van der Waals surface area contributed by atoms with E-state index in [0.717, 1.165) is 30.0 Å². The summed E-state index contributed by atoms with van der Waals surface area (Å²) >= 11 is 0. The Morgan fingerprint density at radius 1 is 1.13 bits per heavy atom. The van der Waals surface area contributed by atoms with Crippen molar-refractivity contribution in [1.82, 2.24) is 20.1 Å². The molecule has 0 spiro atoms. The number of nitrogens with one attached hydrogen (secondary N) is 1. The molecule has 1 aliphatic rings. The molecular formula is C24H28N4O2. The number of carbonyl (C=O) groups is 1. The van der Waals surface area contributed by atoms with Gasteiger partial charge in [0.05, 0.1) is 18.3 Å². The van der Waals surface area contributed by atoms with Gasteiger partial charge in [0.25, 0.3) is 5.91 Å². The van der Waals surface area contributed by atoms with Crippen molar-refractivity contribution in [3.63, 3.8) is 0 Å². The lowest BCUT2D eigenvalue weighted by Gasteiger charge is -2.14. The van der Waals surface area contributed by atoms with Crippen LogP contribution in [0.2, 0.25) is 0 Å². The van der Waals surface area contributed by atoms with Crippen LogP contribution in [-0.2, 0) is 19.4 Å². The van der Waals surface area contributed by atoms with Gasteiger partial charge in [-0.3, -0.25) is 14.5 Å². The van der Waals surface area contributed by atoms with Gasteiger partial charge >= 0.3 is 0 Å². The predicted molar refractivity (Wildman–Crippen MR) is 117 cm³/mol. The van der Waals surface area contributed by atoms with Crippen molar-refractivity contribution in [3.8, 4) is 17.1 Å². The fraction of sp³-hybridized carbons (Fsp3) is 0.375. The molecule has 6 nitrogen and oxygen atoms in total. The van der Waals surface area contributed by atoms with Crippen LogP contribution in [-0.4, -0.2) is 33.3 Å². The van der Waals surface area contributed by atoms with Crippen molar-refractivity contribution in [1.29, 1.82) is 0 Å². The standard InChI is InChI=1S/C24H28N4O2/c1-17(2)30-19-12-10-18(11-13-19)24(29)26-15-16-28-22-9-4-3-7-20(22)23(27-28)21-8-5-6-14-25-21/h5-6,8,10-14,17H,3-4,7,9,15-16H2,1-2H3,(H,26,29). The van der Waals surface area contributed by atoms with Gasteiger partial charge in [-0.2, -0.15) is 5.10 Å². The molecule has 156 valence electrons. The zero-order valence-electron chi connectivity index (χ0n) is 17.6. The fourth-order valence-electron chi connectivity index (χ4n) is 3.90. The monoisotopic (exact) mass is 404 g/mol. The van der Waals surface area contributed by atoms with E-state index in [1.807, 2.05) is 44.2 Å². The molecule has 0 aliphatic heterocycles. The van der Waals surface area contributed by atoms with Crippen LogP contribution in [0.25, 0.3) is 11.4 Å². The normalized spacial score (nSPS) is 13.2. The molecule has 1 aromatic carbocycles. The summed E-state index contributed by atoms with van der Waals surface area (Å²) in [6.07, 6.45) is 6.35. The molecule has 0 unspecified atom stereocenters. The van der Waals surface area contributed by atoms with E-state index in [1.54, 1.807) is 18.3 Å². The van der Waals surface area contributed by atoms with Gasteiger partial charge in [-0.25, -0.2) is 0 Å². The van der Waals surface area contributed by atoms with Crippen LogP contribution in [0.5, 0.6) is 5.75 Å². The Kier molecular flexibility index (Phi) is 6.12. The second-order valence-electron chi connectivity index (χ2n) is 7.87. The summed E-state index contributed by atoms with van der Waals surface area (Å²) in [5, 5.41) is 7.86. The van der Waals surface area contributed by atoms with Crippen LogP contribution in [0.15, 0.2) is 48.7 Å². The van der Waals surface area contributed by atoms with Gasteiger partial charge < -0.3 is 10.1 Å². The molecule has 2 aromatic heterocycles. The van der Waals surface area contributed by atoms with Gasteiger partial charge in [0.1, 0.15) is 11.4 Å². The average molecular weight is 405 g/mol. The number of fused-ring (bicyclic) bond motifs is 1. The highest BCUT2D eigenvalue weighted by molar-refractivity contribution is 5.94. The molecule has 1 aliphatic carbocycles. The number of aromatic nitrogens is 3. The predicted octanol–water partition coefficient (Wildman–Crippen LogP) is 4.04. The van der Waals surface area contributed by atoms with Crippen LogP contribution >= 0.6 is 0 Å². The van der Waals surface area contributed by atoms with E-state index in [1.165, 1.54) is 24.1 Å². The Balaban J connectivity index is 1.41. The first-order valence-corrected chi connectivity index (χ1v) is 10.7. The van der Waals surface area contributed by atoms with E-state index in [0.29, 0.717) is 18.7 Å². The Labute approximate surface area is 177 Å². The van der Waals surface area contributed by atoms with Crippen molar-refractivity contribution < 1.29 is 9.53 Å². The molecule has 1 N–H and O–H groups in total. The molecule has 2 heterocycles. The lowest BCUT2D eigenvalue weighted by molar-refractivity contribution is 0.0951. The molecular weight excluding hydrogens is 376 g/mol. The van der Waals surface area contributed by atoms with Crippen LogP contribution in [0, 0.1) is 0 Å². The van der Waals surface area contributed by atoms with Crippen LogP contribution < -0.4 is 10.1 Å². The van der Waals surface area contributed by atoms with Gasteiger partial charge in [0.15, 0.2) is 0 Å². The first kappa shape index (κ1) is 20.1. The molecule has 0 bridgehead atoms. The van der Waals surface area contributed by atoms with Gasteiger partial charge in [0.2, 0.25) is 0 Å². The van der Waals surface area contributed by atoms with E-state index >= 15 is 0 Å². The van der Waals surface area contributed by atoms with E-state index in [2.05, 4.69) is 15.0 Å². The minimum absolute atomic E-state index is 0.0860. The summed E-state index contributed by atoms with van der Waals surface area (Å²) in [5.41, 5.74) is 5.13. The van der Waals surface area contributed by atoms with Crippen molar-refractivity contribution in [2.24, 2.45) is 0 Å². The topological polar surface area (TPSA) is 69.0 Å². The maximum atomic E-state index is 12.5. The van der Waals surface area contributed by atoms with E-state index in [4.69, 9.17) is 9.84 Å². The highest BCUT2D eigenvalue weighted by Crippen LogP contribution is 2.30. The molecule has 4 rings (SSSR count). The van der Waals surface area contributed by atoms with E-state index < -0.39 is 0 Å². The Morgan fingerprint density at radius 3 is 2.67 bits per heavy atom. The molecule has 0 saturated heterocycles. The van der Waals surface area contributed by atoms with Crippen molar-refractivity contribution in [2.45, 2.75) is 52.2 Å². The number of amides is 1. The molecule has 1 amide bonds. The number of hydrogen-bond acceptors (Lipinski definition) is 4. The highest BCUT2D eigenvalue weighted by Gasteiger charge is 2.22. The maximum absolute atomic E-state index is 12.5. The molecule has 0 radical (unpaired) electrons. The first-order valence-electron chi connectivity index (χ1n) is 10.7. The lowest BCUT2D eigenvalue weighted by Crippen LogP contribution is -2.28. The summed E-state index contributed by atoms with van der Waals surface area (Å²) in [4.78, 5) is 17.0. The molecule has 0 saturated carbocycles. The molecule has 3 aromatic rings. The zero-order chi connectivity index (χ0) is 20.9. The Hall–Kier alpha value is -3.15. The summed E-state index contributed by atoms with van der Waals surface area (Å²) in [6, 6.07) is 13.2. The van der Waals surface area contributed by atoms with E-state index in [-0.39, 0.29) is 12.0 Å². The summed E-state index contributed by atoms with van der Waals surface area (Å²) in [5.74, 6) is 0.684. The smallest absolute Gasteiger partial charge is 0.251 e. The number of benzene rings is 1. The number of hydrogen-bond donors (Lipinski definition) is 1. The third-order valence-corrected chi connectivity index (χ3v) is 5.26. The molecule has 6 heteroatoms. The number of pyridine rings is 1. The van der Waals surface area contributed by atoms with Gasteiger partial charge in [0, 0.05) is 29.6 Å². The molecule has 0 fully saturated rings. The van der Waals surface area contributed by atoms with Gasteiger partial charge in [-0.1, -0.05) is 6.07 Å². The van der Waals surface area contributed by atoms with Crippen LogP contribution in [0.3, 0.4) is 0 Å². The second-order valence-corrected chi connectivity index (χ2v) is 7.87. The fourth-order valence-corrected chi connectivity index (χ4v) is 3.90. The van der Waals surface area contributed by atoms with Crippen LogP contribution in [0.4, 0.5) is 0 Å². The summed E-state index contributed by atoms with van der Waals surface area (Å²) in [7, 11) is 0. The third kappa shape index (κ3) is 4.53. The average Bonchev–Trinajstić information content (AvgIpc) is 3.13. The largest absolute Gasteiger partial charge is 0.491 e.